The smallest absolute Gasteiger partial charge is 0.300 e. The van der Waals surface area contributed by atoms with Gasteiger partial charge in [-0.25, -0.2) is 0 Å². The van der Waals surface area contributed by atoms with Crippen LogP contribution in [-0.2, 0) is 21.0 Å². The summed E-state index contributed by atoms with van der Waals surface area (Å²) < 4.78 is 4.93. The van der Waals surface area contributed by atoms with E-state index in [4.69, 9.17) is 14.6 Å². The van der Waals surface area contributed by atoms with E-state index in [1.54, 1.807) is 7.11 Å². The number of carbonyl (C=O) groups is 1. The van der Waals surface area contributed by atoms with Gasteiger partial charge in [0, 0.05) is 14.0 Å². The predicted molar refractivity (Wildman–Crippen MR) is 103 cm³/mol. The molecule has 7 nitrogen and oxygen atoms in total. The molecule has 7 heteroatoms. The average molecular weight is 373 g/mol. The molecule has 26 heavy (non-hydrogen) atoms. The lowest BCUT2D eigenvalue weighted by atomic mass is 10.2. The van der Waals surface area contributed by atoms with E-state index < -0.39 is 11.1 Å². The normalized spacial score (nSPS) is 9.77. The highest BCUT2D eigenvalue weighted by Gasteiger charge is 2.08. The molecule has 1 rings (SSSR count). The van der Waals surface area contributed by atoms with Crippen molar-refractivity contribution in [2.24, 2.45) is 0 Å². The van der Waals surface area contributed by atoms with Crippen LogP contribution in [0.25, 0.3) is 0 Å². The van der Waals surface area contributed by atoms with E-state index in [0.717, 1.165) is 19.8 Å². The minimum absolute atomic E-state index is 0.208. The molecular formula is C19H35NO6. The molecule has 1 atom stereocenters. The van der Waals surface area contributed by atoms with Gasteiger partial charge in [-0.1, -0.05) is 70.9 Å². The van der Waals surface area contributed by atoms with E-state index in [-0.39, 0.29) is 6.10 Å². The fourth-order valence-electron chi connectivity index (χ4n) is 1.52. The minimum Gasteiger partial charge on any atom is -0.481 e. The first-order valence-corrected chi connectivity index (χ1v) is 8.82. The number of hydrogen-bond donors (Lipinski definition) is 1. The molecule has 0 radical (unpaired) electrons. The summed E-state index contributed by atoms with van der Waals surface area (Å²) in [7, 11) is 1.70. The van der Waals surface area contributed by atoms with Gasteiger partial charge in [0.1, 0.15) is 6.10 Å². The zero-order valence-electron chi connectivity index (χ0n) is 16.9. The monoisotopic (exact) mass is 373 g/mol. The van der Waals surface area contributed by atoms with Crippen LogP contribution < -0.4 is 0 Å². The zero-order chi connectivity index (χ0) is 20.8. The first kappa shape index (κ1) is 28.6. The molecule has 0 amide bonds. The maximum atomic E-state index is 9.83. The summed E-state index contributed by atoms with van der Waals surface area (Å²) in [4.78, 5) is 23.2. The molecule has 0 aliphatic heterocycles. The van der Waals surface area contributed by atoms with E-state index in [0.29, 0.717) is 13.0 Å². The van der Waals surface area contributed by atoms with E-state index in [1.165, 1.54) is 12.0 Å². The van der Waals surface area contributed by atoms with Crippen molar-refractivity contribution in [2.45, 2.75) is 73.0 Å². The molecular weight excluding hydrogens is 338 g/mol. The zero-order valence-corrected chi connectivity index (χ0v) is 16.9. The highest BCUT2D eigenvalue weighted by Crippen LogP contribution is 2.05. The number of nitrogens with zero attached hydrogens (tertiary/aromatic N) is 1. The number of benzene rings is 1. The number of aliphatic carboxylic acids is 1. The Balaban J connectivity index is -0.000000303. The summed E-state index contributed by atoms with van der Waals surface area (Å²) in [5.74, 6) is -0.833. The highest BCUT2D eigenvalue weighted by molar-refractivity contribution is 5.62. The van der Waals surface area contributed by atoms with E-state index >= 15 is 0 Å². The van der Waals surface area contributed by atoms with E-state index in [2.05, 4.69) is 18.7 Å². The molecule has 152 valence electrons. The van der Waals surface area contributed by atoms with E-state index in [9.17, 15) is 10.1 Å². The SMILES string of the molecule is CC(=O)O.CCC.CCCC(CC)O[N+](=O)[O-].COCc1ccccc1. The summed E-state index contributed by atoms with van der Waals surface area (Å²) >= 11 is 0. The Bertz CT molecular complexity index is 421. The Morgan fingerprint density at radius 3 is 1.96 bits per heavy atom. The van der Waals surface area contributed by atoms with Crippen molar-refractivity contribution >= 4 is 5.97 Å². The van der Waals surface area contributed by atoms with Crippen molar-refractivity contribution in [3.63, 3.8) is 0 Å². The van der Waals surface area contributed by atoms with Gasteiger partial charge < -0.3 is 14.7 Å². The molecule has 0 saturated heterocycles. The van der Waals surface area contributed by atoms with Gasteiger partial charge in [-0.05, 0) is 18.4 Å². The molecule has 1 unspecified atom stereocenters. The summed E-state index contributed by atoms with van der Waals surface area (Å²) in [6.45, 7) is 9.90. The van der Waals surface area contributed by atoms with Gasteiger partial charge in [0.15, 0.2) is 0 Å². The second-order valence-electron chi connectivity index (χ2n) is 5.29. The molecule has 1 aromatic rings. The number of carboxylic acids is 1. The average Bonchev–Trinajstić information content (AvgIpc) is 2.56. The van der Waals surface area contributed by atoms with Gasteiger partial charge in [-0.3, -0.25) is 4.79 Å². The molecule has 0 fully saturated rings. The van der Waals surface area contributed by atoms with Crippen molar-refractivity contribution < 1.29 is 24.6 Å². The third kappa shape index (κ3) is 29.8. The quantitative estimate of drug-likeness (QED) is 0.526. The lowest BCUT2D eigenvalue weighted by Gasteiger charge is -2.09. The van der Waals surface area contributed by atoms with Crippen LogP contribution in [0.5, 0.6) is 0 Å². The molecule has 0 bridgehead atoms. The van der Waals surface area contributed by atoms with Crippen molar-refractivity contribution in [1.82, 2.24) is 0 Å². The molecule has 0 heterocycles. The van der Waals surface area contributed by atoms with Gasteiger partial charge in [0.2, 0.25) is 0 Å². The van der Waals surface area contributed by atoms with Crippen molar-refractivity contribution in [3.05, 3.63) is 46.0 Å². The summed E-state index contributed by atoms with van der Waals surface area (Å²) in [5, 5.41) is 16.5. The summed E-state index contributed by atoms with van der Waals surface area (Å²) in [6.07, 6.45) is 3.43. The highest BCUT2D eigenvalue weighted by atomic mass is 17.0. The standard InChI is InChI=1S/C8H10O.C6H13NO3.C3H8.C2H4O2/c1-9-7-8-5-3-2-4-6-8;1-3-5-6(4-2)10-7(8)9;1-3-2;1-2(3)4/h2-6H,7H2,1H3;6H,3-5H2,1-2H3;3H2,1-2H3;1H3,(H,3,4). The predicted octanol–water partition coefficient (Wildman–Crippen LogP) is 5.11. The van der Waals surface area contributed by atoms with Crippen molar-refractivity contribution in [2.75, 3.05) is 7.11 Å². The maximum Gasteiger partial charge on any atom is 0.300 e. The van der Waals surface area contributed by atoms with Gasteiger partial charge >= 0.3 is 0 Å². The van der Waals surface area contributed by atoms with Crippen molar-refractivity contribution in [1.29, 1.82) is 0 Å². The molecule has 0 aliphatic carbocycles. The Morgan fingerprint density at radius 1 is 1.19 bits per heavy atom. The summed E-state index contributed by atoms with van der Waals surface area (Å²) in [5.41, 5.74) is 1.22. The first-order valence-electron chi connectivity index (χ1n) is 8.82. The first-order chi connectivity index (χ1) is 12.3. The van der Waals surface area contributed by atoms with Crippen LogP contribution in [0.15, 0.2) is 30.3 Å². The number of carboxylic acid groups (broad SMARTS) is 1. The lowest BCUT2D eigenvalue weighted by molar-refractivity contribution is -0.768. The Kier molecular flexibility index (Phi) is 25.2. The van der Waals surface area contributed by atoms with Gasteiger partial charge in [0.05, 0.1) is 6.61 Å². The Morgan fingerprint density at radius 2 is 1.65 bits per heavy atom. The number of methoxy groups -OCH3 is 1. The minimum atomic E-state index is -0.833. The van der Waals surface area contributed by atoms with E-state index in [1.807, 2.05) is 44.2 Å². The summed E-state index contributed by atoms with van der Waals surface area (Å²) in [6, 6.07) is 10.1. The van der Waals surface area contributed by atoms with Crippen molar-refractivity contribution in [3.8, 4) is 0 Å². The van der Waals surface area contributed by atoms with Gasteiger partial charge in [-0.15, -0.1) is 10.1 Å². The van der Waals surface area contributed by atoms with Crippen LogP contribution in [0.1, 0.15) is 65.9 Å². The fraction of sp³-hybridized carbons (Fsp3) is 0.632. The fourth-order valence-corrected chi connectivity index (χ4v) is 1.52. The largest absolute Gasteiger partial charge is 0.481 e. The van der Waals surface area contributed by atoms with Crippen LogP contribution in [0.2, 0.25) is 0 Å². The molecule has 1 aromatic carbocycles. The second kappa shape index (κ2) is 22.9. The van der Waals surface area contributed by atoms with Crippen LogP contribution in [0.4, 0.5) is 0 Å². The number of hydrogen-bond acceptors (Lipinski definition) is 5. The molecule has 0 aliphatic rings. The Labute approximate surface area is 157 Å². The number of rotatable bonds is 7. The third-order valence-electron chi connectivity index (χ3n) is 2.45. The molecule has 1 N–H and O–H groups in total. The van der Waals surface area contributed by atoms with Crippen LogP contribution >= 0.6 is 0 Å². The lowest BCUT2D eigenvalue weighted by Crippen LogP contribution is -2.15. The van der Waals surface area contributed by atoms with Crippen LogP contribution in [0, 0.1) is 10.1 Å². The van der Waals surface area contributed by atoms with Crippen LogP contribution in [-0.4, -0.2) is 29.4 Å². The topological polar surface area (TPSA) is 98.9 Å². The maximum absolute atomic E-state index is 9.83. The van der Waals surface area contributed by atoms with Gasteiger partial charge in [0.25, 0.3) is 11.1 Å². The van der Waals surface area contributed by atoms with Crippen LogP contribution in [0.3, 0.4) is 0 Å². The molecule has 0 aromatic heterocycles. The molecule has 0 spiro atoms. The number of ether oxygens (including phenoxy) is 1. The Hall–Kier alpha value is -2.15. The van der Waals surface area contributed by atoms with Gasteiger partial charge in [-0.2, -0.15) is 0 Å². The molecule has 0 saturated carbocycles. The third-order valence-corrected chi connectivity index (χ3v) is 2.45. The second-order valence-corrected chi connectivity index (χ2v) is 5.29.